The molecule has 9 heteroatoms. The predicted octanol–water partition coefficient (Wildman–Crippen LogP) is 5.07. The van der Waals surface area contributed by atoms with Gasteiger partial charge in [0, 0.05) is 56.8 Å². The van der Waals surface area contributed by atoms with Crippen molar-refractivity contribution in [2.75, 3.05) is 64.5 Å². The van der Waals surface area contributed by atoms with Crippen LogP contribution in [-0.2, 0) is 31.4 Å². The molecule has 0 spiro atoms. The third-order valence-electron chi connectivity index (χ3n) is 6.69. The van der Waals surface area contributed by atoms with Crippen LogP contribution in [0.25, 0.3) is 12.2 Å². The van der Waals surface area contributed by atoms with Crippen molar-refractivity contribution < 1.29 is 23.0 Å². The highest BCUT2D eigenvalue weighted by atomic mass is 31.2. The Labute approximate surface area is 241 Å². The number of likely N-dealkylation sites (N-methyl/N-ethyl adjacent to an activating group) is 1. The van der Waals surface area contributed by atoms with Crippen LogP contribution in [0.4, 0.5) is 5.69 Å². The van der Waals surface area contributed by atoms with Crippen molar-refractivity contribution in [3.8, 4) is 0 Å². The fourth-order valence-electron chi connectivity index (χ4n) is 4.70. The van der Waals surface area contributed by atoms with E-state index in [0.29, 0.717) is 32.3 Å². The fourth-order valence-corrected chi connectivity index (χ4v) is 6.35. The van der Waals surface area contributed by atoms with Crippen molar-refractivity contribution >= 4 is 31.3 Å². The van der Waals surface area contributed by atoms with E-state index in [4.69, 9.17) is 9.05 Å². The fraction of sp³-hybridized carbons (Fsp3) is 0.516. The first kappa shape index (κ1) is 33.7. The monoisotopic (exact) mass is 572 g/mol. The van der Waals surface area contributed by atoms with Crippen molar-refractivity contribution in [1.29, 1.82) is 0 Å². The molecule has 0 atom stereocenters. The third-order valence-corrected chi connectivity index (χ3v) is 8.86. The lowest BCUT2D eigenvalue weighted by Crippen LogP contribution is -2.36. The summed E-state index contributed by atoms with van der Waals surface area (Å²) < 4.78 is 25.5. The van der Waals surface area contributed by atoms with Gasteiger partial charge in [0.2, 0.25) is 5.91 Å². The van der Waals surface area contributed by atoms with E-state index in [2.05, 4.69) is 62.2 Å². The van der Waals surface area contributed by atoms with Crippen molar-refractivity contribution in [3.05, 3.63) is 66.8 Å². The van der Waals surface area contributed by atoms with E-state index >= 15 is 0 Å². The number of hydrogen-bond donors (Lipinski definition) is 1. The van der Waals surface area contributed by atoms with Gasteiger partial charge in [-0.3, -0.25) is 9.36 Å². The van der Waals surface area contributed by atoms with E-state index in [1.54, 1.807) is 0 Å². The highest BCUT2D eigenvalue weighted by molar-refractivity contribution is 7.53. The molecule has 40 heavy (non-hydrogen) atoms. The summed E-state index contributed by atoms with van der Waals surface area (Å²) in [5.41, 5.74) is 4.90. The van der Waals surface area contributed by atoms with Gasteiger partial charge in [-0.25, -0.2) is 4.57 Å². The summed E-state index contributed by atoms with van der Waals surface area (Å²) in [4.78, 5) is 16.6. The molecule has 0 saturated heterocycles. The van der Waals surface area contributed by atoms with Crippen molar-refractivity contribution in [2.24, 2.45) is 0 Å². The summed E-state index contributed by atoms with van der Waals surface area (Å²) in [5.74, 6) is 0.115. The van der Waals surface area contributed by atoms with Crippen molar-refractivity contribution in [3.63, 3.8) is 0 Å². The maximum Gasteiger partial charge on any atom is 0.330 e. The van der Waals surface area contributed by atoms with Crippen LogP contribution in [-0.4, -0.2) is 70.5 Å². The van der Waals surface area contributed by atoms with Crippen LogP contribution in [0.2, 0.25) is 0 Å². The second-order valence-corrected chi connectivity index (χ2v) is 12.3. The zero-order valence-corrected chi connectivity index (χ0v) is 26.0. The van der Waals surface area contributed by atoms with Crippen LogP contribution in [0.3, 0.4) is 0 Å². The lowest BCUT2D eigenvalue weighted by Gasteiger charge is -2.31. The summed E-state index contributed by atoms with van der Waals surface area (Å²) in [7, 11) is 1.03. The van der Waals surface area contributed by atoms with E-state index in [1.165, 1.54) is 16.8 Å². The number of carbonyl (C=O) groups is 1. The molecular weight excluding hydrogens is 523 g/mol. The van der Waals surface area contributed by atoms with Crippen molar-refractivity contribution in [2.45, 2.75) is 46.1 Å². The molecule has 2 aromatic rings. The van der Waals surface area contributed by atoms with E-state index in [0.717, 1.165) is 51.0 Å². The van der Waals surface area contributed by atoms with Gasteiger partial charge in [0.1, 0.15) is 6.54 Å². The number of aromatic nitrogens is 1. The van der Waals surface area contributed by atoms with Gasteiger partial charge in [0.05, 0.1) is 19.4 Å². The molecular formula is C31H49N4O4P. The second kappa shape index (κ2) is 17.3. The Morgan fingerprint density at radius 1 is 1.10 bits per heavy atom. The number of nitrogens with zero attached hydrogens (tertiary/aromatic N) is 3. The molecule has 1 aliphatic heterocycles. The van der Waals surface area contributed by atoms with Crippen LogP contribution in [0.15, 0.2) is 42.7 Å². The lowest BCUT2D eigenvalue weighted by atomic mass is 9.98. The van der Waals surface area contributed by atoms with E-state index in [9.17, 15) is 9.36 Å². The average Bonchev–Trinajstić information content (AvgIpc) is 2.91. The average molecular weight is 573 g/mol. The number of hydrogen-bond acceptors (Lipinski definition) is 6. The van der Waals surface area contributed by atoms with Gasteiger partial charge in [0.25, 0.3) is 0 Å². The Morgan fingerprint density at radius 3 is 2.48 bits per heavy atom. The van der Waals surface area contributed by atoms with Crippen LogP contribution in [0.5, 0.6) is 0 Å². The van der Waals surface area contributed by atoms with Gasteiger partial charge in [-0.05, 0) is 69.6 Å². The first-order valence-electron chi connectivity index (χ1n) is 14.2. The number of amides is 1. The quantitative estimate of drug-likeness (QED) is 0.172. The molecule has 222 valence electrons. The predicted molar refractivity (Wildman–Crippen MR) is 165 cm³/mol. The normalized spacial score (nSPS) is 13.4. The Morgan fingerprint density at radius 2 is 1.80 bits per heavy atom. The Balaban J connectivity index is 0.00000560. The molecule has 2 heterocycles. The molecule has 1 aromatic carbocycles. The SMILES string of the molecule is CCOP(=O)(CCC[n+]1ccc(C=Cc2ccc3c(c2)CCCN3CCC(=O)NCCN(C)C)cc1)OCC.[CH3-]. The standard InChI is InChI=1S/C30H45N4O4P.CH3/c1-5-37-39(36,38-6-2)24-8-18-33-20-14-26(15-21-33)10-11-27-12-13-29-28(25-27)9-7-19-34(29)22-16-30(35)31-17-23-32(3)4;/h10-15,20-21,25H,5-9,16-19,22-24H2,1-4H3;1H3/q;-1/p+1. The number of nitrogens with one attached hydrogen (secondary N) is 1. The minimum absolute atomic E-state index is 0. The molecule has 0 aliphatic carbocycles. The van der Waals surface area contributed by atoms with Crippen LogP contribution in [0, 0.1) is 7.43 Å². The van der Waals surface area contributed by atoms with E-state index < -0.39 is 7.60 Å². The number of carbonyl (C=O) groups excluding carboxylic acids is 1. The second-order valence-electron chi connectivity index (χ2n) is 10.1. The Hall–Kier alpha value is -2.51. The maximum atomic E-state index is 12.6. The first-order chi connectivity index (χ1) is 18.8. The van der Waals surface area contributed by atoms with Gasteiger partial charge in [-0.1, -0.05) is 18.2 Å². The molecule has 0 unspecified atom stereocenters. The number of rotatable bonds is 16. The maximum absolute atomic E-state index is 12.6. The molecule has 1 amide bonds. The molecule has 1 aliphatic rings. The van der Waals surface area contributed by atoms with Gasteiger partial charge in [-0.2, -0.15) is 0 Å². The number of aryl methyl sites for hydroxylation is 2. The zero-order chi connectivity index (χ0) is 28.1. The molecule has 0 bridgehead atoms. The summed E-state index contributed by atoms with van der Waals surface area (Å²) >= 11 is 0. The van der Waals surface area contributed by atoms with Crippen LogP contribution in [0.1, 0.15) is 49.8 Å². The third kappa shape index (κ3) is 11.2. The highest BCUT2D eigenvalue weighted by Gasteiger charge is 2.23. The lowest BCUT2D eigenvalue weighted by molar-refractivity contribution is -0.696. The van der Waals surface area contributed by atoms with Crippen molar-refractivity contribution in [1.82, 2.24) is 10.2 Å². The highest BCUT2D eigenvalue weighted by Crippen LogP contribution is 2.48. The topological polar surface area (TPSA) is 75.0 Å². The van der Waals surface area contributed by atoms with Gasteiger partial charge < -0.3 is 31.6 Å². The summed E-state index contributed by atoms with van der Waals surface area (Å²) in [6.07, 6.45) is 12.2. The Bertz CT molecular complexity index is 1110. The molecule has 1 aromatic heterocycles. The number of anilines is 1. The number of fused-ring (bicyclic) bond motifs is 1. The van der Waals surface area contributed by atoms with Crippen LogP contribution < -0.4 is 14.8 Å². The largest absolute Gasteiger partial charge is 0.371 e. The van der Waals surface area contributed by atoms with Gasteiger partial charge in [0.15, 0.2) is 12.4 Å². The van der Waals surface area contributed by atoms with E-state index in [1.807, 2.05) is 40.3 Å². The van der Waals surface area contributed by atoms with Gasteiger partial charge in [-0.15, -0.1) is 0 Å². The molecule has 0 saturated carbocycles. The number of benzene rings is 1. The minimum Gasteiger partial charge on any atom is -0.371 e. The minimum atomic E-state index is -2.99. The molecule has 1 N–H and O–H groups in total. The van der Waals surface area contributed by atoms with E-state index in [-0.39, 0.29) is 13.3 Å². The molecule has 8 nitrogen and oxygen atoms in total. The van der Waals surface area contributed by atoms with Gasteiger partial charge >= 0.3 is 7.60 Å². The zero-order valence-electron chi connectivity index (χ0n) is 25.1. The van der Waals surface area contributed by atoms with Crippen LogP contribution >= 0.6 is 7.60 Å². The summed E-state index contributed by atoms with van der Waals surface area (Å²) in [6.45, 7) is 8.49. The molecule has 0 fully saturated rings. The number of pyridine rings is 1. The first-order valence-corrected chi connectivity index (χ1v) is 15.9. The summed E-state index contributed by atoms with van der Waals surface area (Å²) in [6, 6.07) is 10.8. The molecule has 0 radical (unpaired) electrons. The smallest absolute Gasteiger partial charge is 0.330 e. The molecule has 3 rings (SSSR count). The Kier molecular flexibility index (Phi) is 14.6. The summed E-state index contributed by atoms with van der Waals surface area (Å²) in [5, 5.41) is 3.01.